The van der Waals surface area contributed by atoms with Crippen LogP contribution in [0.3, 0.4) is 0 Å². The lowest BCUT2D eigenvalue weighted by molar-refractivity contribution is -0.167. The van der Waals surface area contributed by atoms with E-state index in [1.165, 1.54) is 238 Å². The minimum absolute atomic E-state index is 0.0645. The van der Waals surface area contributed by atoms with Crippen molar-refractivity contribution in [2.45, 2.75) is 348 Å². The van der Waals surface area contributed by atoms with Crippen LogP contribution in [0.15, 0.2) is 12.2 Å². The van der Waals surface area contributed by atoms with Gasteiger partial charge in [-0.3, -0.25) is 14.4 Å². The van der Waals surface area contributed by atoms with Gasteiger partial charge in [0.1, 0.15) is 13.2 Å². The number of carbonyl (C=O) groups is 3. The molecule has 0 aliphatic rings. The van der Waals surface area contributed by atoms with Crippen LogP contribution in [0.4, 0.5) is 0 Å². The molecule has 0 N–H and O–H groups in total. The van der Waals surface area contributed by atoms with Crippen molar-refractivity contribution in [3.63, 3.8) is 0 Å². The molecule has 1 unspecified atom stereocenters. The van der Waals surface area contributed by atoms with Gasteiger partial charge in [-0.25, -0.2) is 0 Å². The third-order valence-corrected chi connectivity index (χ3v) is 13.8. The molecular formula is C61H116O6. The van der Waals surface area contributed by atoms with Crippen LogP contribution in [0.1, 0.15) is 342 Å². The highest BCUT2D eigenvalue weighted by Gasteiger charge is 2.19. The second-order valence-corrected chi connectivity index (χ2v) is 20.6. The van der Waals surface area contributed by atoms with Crippen LogP contribution in [0, 0.1) is 0 Å². The fraction of sp³-hybridized carbons (Fsp3) is 0.918. The minimum atomic E-state index is -0.761. The van der Waals surface area contributed by atoms with Gasteiger partial charge in [-0.05, 0) is 44.9 Å². The molecule has 1 atom stereocenters. The van der Waals surface area contributed by atoms with E-state index in [0.29, 0.717) is 19.3 Å². The molecule has 6 heteroatoms. The molecule has 0 rings (SSSR count). The van der Waals surface area contributed by atoms with Gasteiger partial charge in [-0.15, -0.1) is 0 Å². The lowest BCUT2D eigenvalue weighted by Gasteiger charge is -2.18. The summed E-state index contributed by atoms with van der Waals surface area (Å²) in [4.78, 5) is 37.8. The standard InChI is InChI=1S/C61H116O6/c1-4-7-10-13-15-17-19-21-23-24-25-26-27-28-29-30-31-32-33-34-35-36-38-39-41-43-45-48-51-54-60(63)66-57-58(56-65-59(62)53-50-47-12-9-6-3)67-61(64)55-52-49-46-44-42-40-37-22-20-18-16-14-11-8-5-2/h24-25,58H,4-23,26-57H2,1-3H3/b25-24-. The molecule has 6 nitrogen and oxygen atoms in total. The summed E-state index contributed by atoms with van der Waals surface area (Å²) in [7, 11) is 0. The van der Waals surface area contributed by atoms with Crippen molar-refractivity contribution in [3.05, 3.63) is 12.2 Å². The Kier molecular flexibility index (Phi) is 55.2. The Morgan fingerprint density at radius 2 is 0.493 bits per heavy atom. The fourth-order valence-electron chi connectivity index (χ4n) is 9.21. The molecule has 0 aliphatic carbocycles. The van der Waals surface area contributed by atoms with Gasteiger partial charge in [0.05, 0.1) is 0 Å². The first-order chi connectivity index (χ1) is 33.0. The smallest absolute Gasteiger partial charge is 0.306 e. The molecule has 0 fully saturated rings. The van der Waals surface area contributed by atoms with Gasteiger partial charge in [0.15, 0.2) is 6.10 Å². The quantitative estimate of drug-likeness (QED) is 0.0262. The van der Waals surface area contributed by atoms with Crippen LogP contribution < -0.4 is 0 Å². The van der Waals surface area contributed by atoms with Gasteiger partial charge < -0.3 is 14.2 Å². The Labute approximate surface area is 418 Å². The molecular weight excluding hydrogens is 829 g/mol. The Morgan fingerprint density at radius 1 is 0.284 bits per heavy atom. The molecule has 0 aromatic carbocycles. The predicted molar refractivity (Wildman–Crippen MR) is 289 cm³/mol. The zero-order chi connectivity index (χ0) is 48.6. The van der Waals surface area contributed by atoms with E-state index in [9.17, 15) is 14.4 Å². The van der Waals surface area contributed by atoms with Crippen LogP contribution >= 0.6 is 0 Å². The van der Waals surface area contributed by atoms with E-state index < -0.39 is 6.10 Å². The zero-order valence-electron chi connectivity index (χ0n) is 45.5. The van der Waals surface area contributed by atoms with Crippen LogP contribution in [0.5, 0.6) is 0 Å². The number of unbranched alkanes of at least 4 members (excludes halogenated alkanes) is 43. The van der Waals surface area contributed by atoms with Crippen LogP contribution in [0.25, 0.3) is 0 Å². The first-order valence-corrected chi connectivity index (χ1v) is 30.2. The summed E-state index contributed by atoms with van der Waals surface area (Å²) in [6, 6.07) is 0. The molecule has 0 radical (unpaired) electrons. The first-order valence-electron chi connectivity index (χ1n) is 30.2. The molecule has 0 aromatic heterocycles. The summed E-state index contributed by atoms with van der Waals surface area (Å²) in [6.45, 7) is 6.61. The van der Waals surface area contributed by atoms with Crippen molar-refractivity contribution >= 4 is 17.9 Å². The lowest BCUT2D eigenvalue weighted by Crippen LogP contribution is -2.30. The van der Waals surface area contributed by atoms with E-state index in [2.05, 4.69) is 32.9 Å². The van der Waals surface area contributed by atoms with Gasteiger partial charge >= 0.3 is 17.9 Å². The molecule has 0 saturated carbocycles. The summed E-state index contributed by atoms with van der Waals surface area (Å²) < 4.78 is 16.7. The molecule has 0 spiro atoms. The number of hydrogen-bond acceptors (Lipinski definition) is 6. The van der Waals surface area contributed by atoms with E-state index in [1.54, 1.807) is 0 Å². The second kappa shape index (κ2) is 56.7. The minimum Gasteiger partial charge on any atom is -0.462 e. The van der Waals surface area contributed by atoms with E-state index in [1.807, 2.05) is 0 Å². The Balaban J connectivity index is 3.92. The number of esters is 3. The Morgan fingerprint density at radius 3 is 0.746 bits per heavy atom. The average molecular weight is 946 g/mol. The maximum Gasteiger partial charge on any atom is 0.306 e. The molecule has 0 heterocycles. The van der Waals surface area contributed by atoms with Gasteiger partial charge in [0, 0.05) is 19.3 Å². The lowest BCUT2D eigenvalue weighted by atomic mass is 10.0. The van der Waals surface area contributed by atoms with E-state index >= 15 is 0 Å². The van der Waals surface area contributed by atoms with Gasteiger partial charge in [-0.2, -0.15) is 0 Å². The Hall–Kier alpha value is -1.85. The van der Waals surface area contributed by atoms with E-state index in [-0.39, 0.29) is 31.1 Å². The number of ether oxygens (including phenoxy) is 3. The van der Waals surface area contributed by atoms with Crippen LogP contribution in [-0.4, -0.2) is 37.2 Å². The highest BCUT2D eigenvalue weighted by Crippen LogP contribution is 2.18. The largest absolute Gasteiger partial charge is 0.462 e. The maximum absolute atomic E-state index is 12.8. The highest BCUT2D eigenvalue weighted by atomic mass is 16.6. The summed E-state index contributed by atoms with van der Waals surface area (Å²) in [5.41, 5.74) is 0. The van der Waals surface area contributed by atoms with E-state index in [4.69, 9.17) is 14.2 Å². The van der Waals surface area contributed by atoms with Crippen molar-refractivity contribution in [2.75, 3.05) is 13.2 Å². The molecule has 67 heavy (non-hydrogen) atoms. The van der Waals surface area contributed by atoms with Crippen molar-refractivity contribution < 1.29 is 28.6 Å². The van der Waals surface area contributed by atoms with Gasteiger partial charge in [-0.1, -0.05) is 290 Å². The predicted octanol–water partition coefficient (Wildman–Crippen LogP) is 20.1. The monoisotopic (exact) mass is 945 g/mol. The molecule has 396 valence electrons. The third kappa shape index (κ3) is 55.0. The maximum atomic E-state index is 12.8. The third-order valence-electron chi connectivity index (χ3n) is 13.8. The molecule has 0 aromatic rings. The first kappa shape index (κ1) is 65.1. The van der Waals surface area contributed by atoms with E-state index in [0.717, 1.165) is 64.2 Å². The van der Waals surface area contributed by atoms with Crippen LogP contribution in [-0.2, 0) is 28.6 Å². The zero-order valence-corrected chi connectivity index (χ0v) is 45.5. The molecule has 0 bridgehead atoms. The summed E-state index contributed by atoms with van der Waals surface area (Å²) >= 11 is 0. The van der Waals surface area contributed by atoms with Crippen molar-refractivity contribution in [3.8, 4) is 0 Å². The number of rotatable bonds is 56. The molecule has 0 amide bonds. The summed E-state index contributed by atoms with van der Waals surface area (Å²) in [6.07, 6.45) is 65.6. The molecule has 0 aliphatic heterocycles. The topological polar surface area (TPSA) is 78.9 Å². The van der Waals surface area contributed by atoms with Crippen molar-refractivity contribution in [2.24, 2.45) is 0 Å². The molecule has 0 saturated heterocycles. The van der Waals surface area contributed by atoms with Crippen LogP contribution in [0.2, 0.25) is 0 Å². The van der Waals surface area contributed by atoms with Gasteiger partial charge in [0.25, 0.3) is 0 Å². The fourth-order valence-corrected chi connectivity index (χ4v) is 9.21. The van der Waals surface area contributed by atoms with Gasteiger partial charge in [0.2, 0.25) is 0 Å². The number of carbonyl (C=O) groups excluding carboxylic acids is 3. The second-order valence-electron chi connectivity index (χ2n) is 20.6. The summed E-state index contributed by atoms with van der Waals surface area (Å²) in [5.74, 6) is -0.856. The number of hydrogen-bond donors (Lipinski definition) is 0. The summed E-state index contributed by atoms with van der Waals surface area (Å²) in [5, 5.41) is 0. The SMILES string of the molecule is CCCCCCCCCC/C=C\CCCCCCCCCCCCCCCCCCCC(=O)OCC(COC(=O)CCCCCCC)OC(=O)CCCCCCCCCCCCCCCCC. The number of allylic oxidation sites excluding steroid dienone is 2. The van der Waals surface area contributed by atoms with Crippen molar-refractivity contribution in [1.82, 2.24) is 0 Å². The Bertz CT molecular complexity index is 1040. The van der Waals surface area contributed by atoms with Crippen molar-refractivity contribution in [1.29, 1.82) is 0 Å². The normalized spacial score (nSPS) is 12.0. The average Bonchev–Trinajstić information content (AvgIpc) is 3.33. The highest BCUT2D eigenvalue weighted by molar-refractivity contribution is 5.71.